The number of imidazole rings is 1. The van der Waals surface area contributed by atoms with E-state index < -0.39 is 0 Å². The van der Waals surface area contributed by atoms with Crippen LogP contribution in [0.1, 0.15) is 43.7 Å². The first-order valence-electron chi connectivity index (χ1n) is 6.43. The number of rotatable bonds is 5. The summed E-state index contributed by atoms with van der Waals surface area (Å²) in [5.41, 5.74) is 9.17. The summed E-state index contributed by atoms with van der Waals surface area (Å²) in [4.78, 5) is 7.68. The van der Waals surface area contributed by atoms with Gasteiger partial charge in [0, 0.05) is 18.8 Å². The van der Waals surface area contributed by atoms with Gasteiger partial charge in [-0.1, -0.05) is 19.8 Å². The number of hydrogen-bond acceptors (Lipinski definition) is 3. The lowest BCUT2D eigenvalue weighted by atomic mass is 10.1. The molecule has 0 amide bonds. The molecule has 0 aliphatic rings. The molecular weight excluding hydrogens is 226 g/mol. The van der Waals surface area contributed by atoms with Crippen LogP contribution in [0, 0.1) is 6.92 Å². The minimum absolute atomic E-state index is 0.00400. The fourth-order valence-corrected chi connectivity index (χ4v) is 2.09. The molecular formula is C13H21N5. The summed E-state index contributed by atoms with van der Waals surface area (Å²) in [7, 11) is 1.92. The molecule has 0 fully saturated rings. The van der Waals surface area contributed by atoms with E-state index in [0.29, 0.717) is 0 Å². The number of nitrogens with one attached hydrogen (secondary N) is 1. The molecule has 5 heteroatoms. The molecule has 0 saturated carbocycles. The molecule has 2 aromatic rings. The van der Waals surface area contributed by atoms with E-state index in [2.05, 4.69) is 22.0 Å². The highest BCUT2D eigenvalue weighted by molar-refractivity contribution is 5.60. The second-order valence-electron chi connectivity index (χ2n) is 4.73. The topological polar surface area (TPSA) is 72.5 Å². The molecule has 3 N–H and O–H groups in total. The molecule has 0 saturated heterocycles. The first-order chi connectivity index (χ1) is 8.61. The standard InChI is InChI=1S/C13H21N5/c1-4-5-6-11(14)13-15-7-12(16-13)10-8-18(3)17-9(10)2/h7-8,11H,4-6,14H2,1-3H3,(H,15,16). The molecule has 0 bridgehead atoms. The van der Waals surface area contributed by atoms with Gasteiger partial charge in [-0.15, -0.1) is 0 Å². The van der Waals surface area contributed by atoms with Crippen LogP contribution in [0.25, 0.3) is 11.3 Å². The van der Waals surface area contributed by atoms with Crippen LogP contribution in [-0.2, 0) is 7.05 Å². The fourth-order valence-electron chi connectivity index (χ4n) is 2.09. The first-order valence-corrected chi connectivity index (χ1v) is 6.43. The molecule has 2 heterocycles. The lowest BCUT2D eigenvalue weighted by Gasteiger charge is -2.06. The summed E-state index contributed by atoms with van der Waals surface area (Å²) in [6.45, 7) is 4.16. The number of nitrogens with two attached hydrogens (primary N) is 1. The van der Waals surface area contributed by atoms with Gasteiger partial charge in [0.15, 0.2) is 0 Å². The van der Waals surface area contributed by atoms with E-state index in [1.165, 1.54) is 0 Å². The van der Waals surface area contributed by atoms with Crippen LogP contribution >= 0.6 is 0 Å². The van der Waals surface area contributed by atoms with Crippen LogP contribution in [0.4, 0.5) is 0 Å². The van der Waals surface area contributed by atoms with Gasteiger partial charge < -0.3 is 10.7 Å². The summed E-state index contributed by atoms with van der Waals surface area (Å²) >= 11 is 0. The van der Waals surface area contributed by atoms with Crippen molar-refractivity contribution in [3.05, 3.63) is 23.9 Å². The van der Waals surface area contributed by atoms with Gasteiger partial charge in [0.1, 0.15) is 5.82 Å². The zero-order valence-corrected chi connectivity index (χ0v) is 11.3. The third-order valence-corrected chi connectivity index (χ3v) is 3.12. The van der Waals surface area contributed by atoms with E-state index in [1.54, 1.807) is 0 Å². The van der Waals surface area contributed by atoms with Crippen molar-refractivity contribution in [1.82, 2.24) is 19.7 Å². The number of hydrogen-bond donors (Lipinski definition) is 2. The number of aromatic nitrogens is 4. The monoisotopic (exact) mass is 247 g/mol. The molecule has 2 aromatic heterocycles. The minimum Gasteiger partial charge on any atom is -0.341 e. The van der Waals surface area contributed by atoms with Crippen LogP contribution in [-0.4, -0.2) is 19.7 Å². The third-order valence-electron chi connectivity index (χ3n) is 3.12. The lowest BCUT2D eigenvalue weighted by molar-refractivity contribution is 0.580. The van der Waals surface area contributed by atoms with Gasteiger partial charge in [-0.3, -0.25) is 4.68 Å². The number of H-pyrrole nitrogens is 1. The normalized spacial score (nSPS) is 12.9. The number of aryl methyl sites for hydroxylation is 2. The number of nitrogens with zero attached hydrogens (tertiary/aromatic N) is 3. The summed E-state index contributed by atoms with van der Waals surface area (Å²) in [6.07, 6.45) is 7.08. The van der Waals surface area contributed by atoms with Crippen molar-refractivity contribution < 1.29 is 0 Å². The molecule has 5 nitrogen and oxygen atoms in total. The molecule has 1 atom stereocenters. The molecule has 0 aliphatic carbocycles. The molecule has 1 unspecified atom stereocenters. The average molecular weight is 247 g/mol. The van der Waals surface area contributed by atoms with Crippen molar-refractivity contribution in [2.45, 2.75) is 39.2 Å². The van der Waals surface area contributed by atoms with Crippen molar-refractivity contribution in [2.75, 3.05) is 0 Å². The van der Waals surface area contributed by atoms with Crippen molar-refractivity contribution in [1.29, 1.82) is 0 Å². The summed E-state index contributed by atoms with van der Waals surface area (Å²) in [6, 6.07) is -0.00400. The maximum Gasteiger partial charge on any atom is 0.123 e. The maximum atomic E-state index is 6.10. The molecule has 18 heavy (non-hydrogen) atoms. The zero-order chi connectivity index (χ0) is 13.1. The highest BCUT2D eigenvalue weighted by atomic mass is 15.2. The van der Waals surface area contributed by atoms with E-state index in [9.17, 15) is 0 Å². The maximum absolute atomic E-state index is 6.10. The Labute approximate surface area is 107 Å². The highest BCUT2D eigenvalue weighted by Gasteiger charge is 2.13. The number of unbranched alkanes of at least 4 members (excludes halogenated alkanes) is 1. The SMILES string of the molecule is CCCCC(N)c1ncc(-c2cn(C)nc2C)[nH]1. The van der Waals surface area contributed by atoms with Crippen molar-refractivity contribution in [3.63, 3.8) is 0 Å². The average Bonchev–Trinajstić information content (AvgIpc) is 2.92. The van der Waals surface area contributed by atoms with Crippen molar-refractivity contribution >= 4 is 0 Å². The van der Waals surface area contributed by atoms with Gasteiger partial charge >= 0.3 is 0 Å². The Balaban J connectivity index is 2.17. The van der Waals surface area contributed by atoms with Gasteiger partial charge in [-0.05, 0) is 13.3 Å². The Morgan fingerprint density at radius 1 is 1.50 bits per heavy atom. The van der Waals surface area contributed by atoms with Crippen LogP contribution in [0.15, 0.2) is 12.4 Å². The van der Waals surface area contributed by atoms with Gasteiger partial charge in [-0.25, -0.2) is 4.98 Å². The van der Waals surface area contributed by atoms with E-state index in [0.717, 1.165) is 42.0 Å². The minimum atomic E-state index is -0.00400. The van der Waals surface area contributed by atoms with Crippen LogP contribution in [0.3, 0.4) is 0 Å². The van der Waals surface area contributed by atoms with Crippen LogP contribution in [0.5, 0.6) is 0 Å². The Hall–Kier alpha value is -1.62. The second kappa shape index (κ2) is 5.35. The Bertz CT molecular complexity index is 511. The molecule has 0 radical (unpaired) electrons. The molecule has 98 valence electrons. The predicted molar refractivity (Wildman–Crippen MR) is 72.0 cm³/mol. The van der Waals surface area contributed by atoms with Gasteiger partial charge in [0.2, 0.25) is 0 Å². The van der Waals surface area contributed by atoms with Gasteiger partial charge in [0.05, 0.1) is 23.6 Å². The summed E-state index contributed by atoms with van der Waals surface area (Å²) in [5, 5.41) is 4.33. The lowest BCUT2D eigenvalue weighted by Crippen LogP contribution is -2.11. The van der Waals surface area contributed by atoms with Crippen LogP contribution in [0.2, 0.25) is 0 Å². The fraction of sp³-hybridized carbons (Fsp3) is 0.538. The Morgan fingerprint density at radius 2 is 2.28 bits per heavy atom. The predicted octanol–water partition coefficient (Wildman–Crippen LogP) is 2.31. The molecule has 0 aliphatic heterocycles. The van der Waals surface area contributed by atoms with Gasteiger partial charge in [0.25, 0.3) is 0 Å². The first kappa shape index (κ1) is 12.8. The van der Waals surface area contributed by atoms with Gasteiger partial charge in [-0.2, -0.15) is 5.10 Å². The second-order valence-corrected chi connectivity index (χ2v) is 4.73. The molecule has 0 aromatic carbocycles. The number of aromatic amines is 1. The summed E-state index contributed by atoms with van der Waals surface area (Å²) < 4.78 is 1.81. The smallest absolute Gasteiger partial charge is 0.123 e. The zero-order valence-electron chi connectivity index (χ0n) is 11.3. The largest absolute Gasteiger partial charge is 0.341 e. The van der Waals surface area contributed by atoms with E-state index in [1.807, 2.05) is 31.0 Å². The van der Waals surface area contributed by atoms with Crippen molar-refractivity contribution in [3.8, 4) is 11.3 Å². The van der Waals surface area contributed by atoms with E-state index in [-0.39, 0.29) is 6.04 Å². The summed E-state index contributed by atoms with van der Waals surface area (Å²) in [5.74, 6) is 0.863. The highest BCUT2D eigenvalue weighted by Crippen LogP contribution is 2.22. The van der Waals surface area contributed by atoms with Crippen molar-refractivity contribution in [2.24, 2.45) is 12.8 Å². The van der Waals surface area contributed by atoms with E-state index >= 15 is 0 Å². The third kappa shape index (κ3) is 2.61. The molecule has 0 spiro atoms. The Morgan fingerprint density at radius 3 is 2.89 bits per heavy atom. The quantitative estimate of drug-likeness (QED) is 0.851. The molecule has 2 rings (SSSR count). The Kier molecular flexibility index (Phi) is 3.81. The van der Waals surface area contributed by atoms with Crippen LogP contribution < -0.4 is 5.73 Å². The van der Waals surface area contributed by atoms with E-state index in [4.69, 9.17) is 5.73 Å².